The molecule has 1 N–H and O–H groups in total. The number of hydrogen-bond acceptors (Lipinski definition) is 7. The van der Waals surface area contributed by atoms with Gasteiger partial charge >= 0.3 is 12.1 Å². The Labute approximate surface area is 186 Å². The summed E-state index contributed by atoms with van der Waals surface area (Å²) in [5.41, 5.74) is -0.291. The van der Waals surface area contributed by atoms with Gasteiger partial charge in [0.15, 0.2) is 19.0 Å². The number of aromatic nitrogens is 1. The number of carbonyl (C=O) groups excluding carboxylic acids is 3. The number of amides is 1. The molecule has 3 heterocycles. The lowest BCUT2D eigenvalue weighted by molar-refractivity contribution is -0.147. The predicted octanol–water partition coefficient (Wildman–Crippen LogP) is 3.07. The number of benzene rings is 1. The Morgan fingerprint density at radius 3 is 2.88 bits per heavy atom. The number of piperidine rings is 1. The van der Waals surface area contributed by atoms with Crippen LogP contribution in [0.2, 0.25) is 0 Å². The van der Waals surface area contributed by atoms with E-state index in [1.165, 1.54) is 35.4 Å². The zero-order valence-corrected chi connectivity index (χ0v) is 17.4. The van der Waals surface area contributed by atoms with Crippen LogP contribution in [-0.2, 0) is 20.5 Å². The minimum Gasteiger partial charge on any atom is -0.482 e. The number of Topliss-reactive ketones (excluding diaryl/α,β-unsaturated/α-hetero) is 1. The molecule has 4 rings (SSSR count). The molecule has 8 nitrogen and oxygen atoms in total. The van der Waals surface area contributed by atoms with Gasteiger partial charge in [-0.1, -0.05) is 0 Å². The third-order valence-corrected chi connectivity index (χ3v) is 5.43. The van der Waals surface area contributed by atoms with Crippen molar-refractivity contribution in [1.82, 2.24) is 4.98 Å². The number of esters is 1. The first-order valence-corrected chi connectivity index (χ1v) is 10.3. The molecule has 2 aliphatic heterocycles. The van der Waals surface area contributed by atoms with Crippen molar-refractivity contribution in [2.24, 2.45) is 5.92 Å². The van der Waals surface area contributed by atoms with Crippen LogP contribution in [0.5, 0.6) is 5.75 Å². The fourth-order valence-electron chi connectivity index (χ4n) is 3.83. The highest BCUT2D eigenvalue weighted by atomic mass is 19.4. The number of anilines is 2. The third kappa shape index (κ3) is 5.07. The molecule has 1 saturated heterocycles. The second-order valence-electron chi connectivity index (χ2n) is 7.74. The van der Waals surface area contributed by atoms with Crippen molar-refractivity contribution in [2.45, 2.75) is 19.0 Å². The number of alkyl halides is 3. The molecular formula is C22H20F3N3O5. The van der Waals surface area contributed by atoms with Crippen LogP contribution in [0.4, 0.5) is 24.7 Å². The summed E-state index contributed by atoms with van der Waals surface area (Å²) in [7, 11) is 0. The maximum Gasteiger partial charge on any atom is 0.419 e. The van der Waals surface area contributed by atoms with Gasteiger partial charge in [-0.15, -0.1) is 0 Å². The molecular weight excluding hydrogens is 443 g/mol. The monoisotopic (exact) mass is 463 g/mol. The Balaban J connectivity index is 1.38. The van der Waals surface area contributed by atoms with E-state index < -0.39 is 36.0 Å². The number of carbonyl (C=O) groups is 3. The highest BCUT2D eigenvalue weighted by molar-refractivity contribution is 6.01. The lowest BCUT2D eigenvalue weighted by Gasteiger charge is -2.33. The second kappa shape index (κ2) is 9.08. The molecule has 1 aromatic carbocycles. The van der Waals surface area contributed by atoms with Gasteiger partial charge in [0.2, 0.25) is 0 Å². The van der Waals surface area contributed by atoms with Gasteiger partial charge in [-0.3, -0.25) is 14.4 Å². The first-order chi connectivity index (χ1) is 15.7. The zero-order valence-electron chi connectivity index (χ0n) is 17.4. The second-order valence-corrected chi connectivity index (χ2v) is 7.74. The van der Waals surface area contributed by atoms with Crippen LogP contribution in [0.3, 0.4) is 0 Å². The fourth-order valence-corrected chi connectivity index (χ4v) is 3.83. The van der Waals surface area contributed by atoms with Crippen LogP contribution in [-0.4, -0.2) is 48.9 Å². The highest BCUT2D eigenvalue weighted by Crippen LogP contribution is 2.36. The highest BCUT2D eigenvalue weighted by Gasteiger charge is 2.37. The molecule has 1 fully saturated rings. The molecule has 1 aromatic heterocycles. The number of fused-ring (bicyclic) bond motifs is 1. The van der Waals surface area contributed by atoms with Gasteiger partial charge in [0.05, 0.1) is 17.2 Å². The van der Waals surface area contributed by atoms with Gasteiger partial charge in [0.1, 0.15) is 11.6 Å². The minimum absolute atomic E-state index is 0.00926. The standard InChI is InChI=1S/C22H20F3N3O5/c23-22(24,25)15-4-1-7-26-20(15)28-8-2-3-14(10-28)21(31)33-11-17(29)13-5-6-18-16(9-13)27-19(30)12-32-18/h1,4-7,9,14H,2-3,8,10-12H2,(H,27,30). The predicted molar refractivity (Wildman–Crippen MR) is 110 cm³/mol. The van der Waals surface area contributed by atoms with Crippen LogP contribution in [0.25, 0.3) is 0 Å². The average molecular weight is 463 g/mol. The van der Waals surface area contributed by atoms with Crippen molar-refractivity contribution >= 4 is 29.2 Å². The largest absolute Gasteiger partial charge is 0.482 e. The Bertz CT molecular complexity index is 1090. The number of ether oxygens (including phenoxy) is 2. The van der Waals surface area contributed by atoms with E-state index in [4.69, 9.17) is 9.47 Å². The maximum atomic E-state index is 13.3. The number of halogens is 3. The molecule has 11 heteroatoms. The summed E-state index contributed by atoms with van der Waals surface area (Å²) in [5.74, 6) is -1.97. The van der Waals surface area contributed by atoms with Crippen molar-refractivity contribution in [2.75, 3.05) is 36.5 Å². The number of ketones is 1. The lowest BCUT2D eigenvalue weighted by Crippen LogP contribution is -2.41. The first kappa shape index (κ1) is 22.6. The Hall–Kier alpha value is -3.63. The SMILES string of the molecule is O=C1COc2ccc(C(=O)COC(=O)C3CCCN(c4ncccc4C(F)(F)F)C3)cc2N1. The summed E-state index contributed by atoms with van der Waals surface area (Å²) in [6, 6.07) is 6.63. The van der Waals surface area contributed by atoms with E-state index in [1.54, 1.807) is 0 Å². The van der Waals surface area contributed by atoms with E-state index in [0.717, 1.165) is 6.07 Å². The summed E-state index contributed by atoms with van der Waals surface area (Å²) in [6.45, 7) is -0.305. The van der Waals surface area contributed by atoms with Crippen LogP contribution in [0.1, 0.15) is 28.8 Å². The summed E-state index contributed by atoms with van der Waals surface area (Å²) < 4.78 is 50.4. The van der Waals surface area contributed by atoms with Crippen molar-refractivity contribution in [1.29, 1.82) is 0 Å². The first-order valence-electron chi connectivity index (χ1n) is 10.3. The van der Waals surface area contributed by atoms with Crippen molar-refractivity contribution in [3.05, 3.63) is 47.7 Å². The number of hydrogen-bond donors (Lipinski definition) is 1. The van der Waals surface area contributed by atoms with Gasteiger partial charge in [-0.25, -0.2) is 4.98 Å². The summed E-state index contributed by atoms with van der Waals surface area (Å²) >= 11 is 0. The fraction of sp³-hybridized carbons (Fsp3) is 0.364. The van der Waals surface area contributed by atoms with Crippen molar-refractivity contribution < 1.29 is 37.0 Å². The maximum absolute atomic E-state index is 13.3. The van der Waals surface area contributed by atoms with Crippen molar-refractivity contribution in [3.63, 3.8) is 0 Å². The van der Waals surface area contributed by atoms with E-state index in [2.05, 4.69) is 10.3 Å². The molecule has 2 aliphatic rings. The van der Waals surface area contributed by atoms with Crippen LogP contribution < -0.4 is 15.0 Å². The van der Waals surface area contributed by atoms with Crippen LogP contribution >= 0.6 is 0 Å². The van der Waals surface area contributed by atoms with E-state index in [-0.39, 0.29) is 30.4 Å². The average Bonchev–Trinajstić information content (AvgIpc) is 2.81. The van der Waals surface area contributed by atoms with E-state index in [0.29, 0.717) is 30.8 Å². The third-order valence-electron chi connectivity index (χ3n) is 5.43. The Kier molecular flexibility index (Phi) is 6.21. The molecule has 1 atom stereocenters. The topological polar surface area (TPSA) is 97.8 Å². The molecule has 0 radical (unpaired) electrons. The zero-order chi connectivity index (χ0) is 23.6. The summed E-state index contributed by atoms with van der Waals surface area (Å²) in [5, 5.41) is 2.59. The molecule has 0 aliphatic carbocycles. The number of nitrogens with one attached hydrogen (secondary N) is 1. The van der Waals surface area contributed by atoms with E-state index >= 15 is 0 Å². The minimum atomic E-state index is -4.57. The molecule has 1 unspecified atom stereocenters. The number of rotatable bonds is 5. The number of nitrogens with zero attached hydrogens (tertiary/aromatic N) is 2. The molecule has 1 amide bonds. The molecule has 174 valence electrons. The normalized spacial score (nSPS) is 18.1. The molecule has 0 bridgehead atoms. The molecule has 33 heavy (non-hydrogen) atoms. The lowest BCUT2D eigenvalue weighted by atomic mass is 9.97. The smallest absolute Gasteiger partial charge is 0.419 e. The molecule has 0 spiro atoms. The Morgan fingerprint density at radius 1 is 1.27 bits per heavy atom. The van der Waals surface area contributed by atoms with Gasteiger partial charge in [0.25, 0.3) is 5.91 Å². The quantitative estimate of drug-likeness (QED) is 0.538. The van der Waals surface area contributed by atoms with Crippen LogP contribution in [0, 0.1) is 5.92 Å². The van der Waals surface area contributed by atoms with Gasteiger partial charge in [0, 0.05) is 24.8 Å². The number of pyridine rings is 1. The van der Waals surface area contributed by atoms with Gasteiger partial charge in [-0.2, -0.15) is 13.2 Å². The Morgan fingerprint density at radius 2 is 2.09 bits per heavy atom. The molecule has 2 aromatic rings. The van der Waals surface area contributed by atoms with Crippen molar-refractivity contribution in [3.8, 4) is 5.75 Å². The van der Waals surface area contributed by atoms with Crippen LogP contribution in [0.15, 0.2) is 36.5 Å². The van der Waals surface area contributed by atoms with Gasteiger partial charge < -0.3 is 19.7 Å². The molecule has 0 saturated carbocycles. The van der Waals surface area contributed by atoms with Gasteiger partial charge in [-0.05, 0) is 43.2 Å². The summed E-state index contributed by atoms with van der Waals surface area (Å²) in [4.78, 5) is 41.8. The van der Waals surface area contributed by atoms with E-state index in [1.807, 2.05) is 0 Å². The summed E-state index contributed by atoms with van der Waals surface area (Å²) in [6.07, 6.45) is -2.38. The van der Waals surface area contributed by atoms with E-state index in [9.17, 15) is 27.6 Å².